The van der Waals surface area contributed by atoms with Crippen LogP contribution in [0.2, 0.25) is 0 Å². The van der Waals surface area contributed by atoms with Gasteiger partial charge in [0.1, 0.15) is 12.2 Å². The normalized spacial score (nSPS) is 22.2. The number of nitrogens with zero attached hydrogens (tertiary/aromatic N) is 1. The van der Waals surface area contributed by atoms with Gasteiger partial charge in [-0.25, -0.2) is 9.86 Å². The molecule has 2 atom stereocenters. The fourth-order valence-electron chi connectivity index (χ4n) is 3.38. The van der Waals surface area contributed by atoms with Crippen molar-refractivity contribution in [2.45, 2.75) is 19.1 Å². The van der Waals surface area contributed by atoms with Crippen LogP contribution in [0.15, 0.2) is 66.2 Å². The van der Waals surface area contributed by atoms with Gasteiger partial charge in [-0.1, -0.05) is 54.6 Å². The van der Waals surface area contributed by atoms with Gasteiger partial charge in [0.05, 0.1) is 17.0 Å². The highest BCUT2D eigenvalue weighted by Gasteiger charge is 2.39. The molecule has 2 aliphatic rings. The maximum Gasteiger partial charge on any atom is 0.336 e. The molecule has 25 heavy (non-hydrogen) atoms. The second-order valence-corrected chi connectivity index (χ2v) is 6.06. The molecule has 4 rings (SSSR count). The fraction of sp³-hybridized carbons (Fsp3) is 0.150. The molecule has 1 aliphatic carbocycles. The smallest absolute Gasteiger partial charge is 0.336 e. The van der Waals surface area contributed by atoms with Gasteiger partial charge in [-0.15, -0.1) is 0 Å². The Balaban J connectivity index is 1.88. The van der Waals surface area contributed by atoms with E-state index in [-0.39, 0.29) is 5.57 Å². The molecular formula is C20H17NO4. The third-order valence-corrected chi connectivity index (χ3v) is 4.50. The quantitative estimate of drug-likeness (QED) is 0.901. The standard InChI is InChI=1S/C20H17NO4/c1-12-18(20(23)24)19(13-7-3-2-4-8-13)21(25-12)16-11-17(22)15-10-6-5-9-14(15)16/h2-12,17,22H,1H3,(H,23,24). The molecule has 126 valence electrons. The zero-order valence-electron chi connectivity index (χ0n) is 13.6. The summed E-state index contributed by atoms with van der Waals surface area (Å²) in [6.45, 7) is 1.71. The number of fused-ring (bicyclic) bond motifs is 1. The summed E-state index contributed by atoms with van der Waals surface area (Å²) in [7, 11) is 0. The van der Waals surface area contributed by atoms with E-state index in [9.17, 15) is 15.0 Å². The van der Waals surface area contributed by atoms with Gasteiger partial charge in [-0.2, -0.15) is 0 Å². The number of carboxylic acid groups (broad SMARTS) is 1. The number of hydrogen-bond acceptors (Lipinski definition) is 4. The van der Waals surface area contributed by atoms with Crippen LogP contribution < -0.4 is 0 Å². The average molecular weight is 335 g/mol. The number of rotatable bonds is 3. The van der Waals surface area contributed by atoms with Crippen molar-refractivity contribution >= 4 is 17.4 Å². The first kappa shape index (κ1) is 15.6. The summed E-state index contributed by atoms with van der Waals surface area (Å²) in [6.07, 6.45) is 0.347. The van der Waals surface area contributed by atoms with Crippen LogP contribution in [0.25, 0.3) is 11.4 Å². The van der Waals surface area contributed by atoms with Crippen LogP contribution in [0.4, 0.5) is 0 Å². The fourth-order valence-corrected chi connectivity index (χ4v) is 3.38. The predicted octanol–water partition coefficient (Wildman–Crippen LogP) is 3.21. The van der Waals surface area contributed by atoms with E-state index < -0.39 is 18.2 Å². The first-order valence-electron chi connectivity index (χ1n) is 8.07. The number of aliphatic hydroxyl groups is 1. The molecule has 0 saturated carbocycles. The average Bonchev–Trinajstić information content (AvgIpc) is 3.13. The highest BCUT2D eigenvalue weighted by atomic mass is 16.7. The van der Waals surface area contributed by atoms with E-state index in [1.807, 2.05) is 54.6 Å². The van der Waals surface area contributed by atoms with E-state index in [0.29, 0.717) is 11.4 Å². The second kappa shape index (κ2) is 5.88. The third kappa shape index (κ3) is 2.45. The van der Waals surface area contributed by atoms with Crippen LogP contribution in [0.1, 0.15) is 29.7 Å². The summed E-state index contributed by atoms with van der Waals surface area (Å²) in [5.74, 6) is -1.01. The molecule has 2 unspecified atom stereocenters. The van der Waals surface area contributed by atoms with Gasteiger partial charge < -0.3 is 10.2 Å². The molecule has 0 amide bonds. The summed E-state index contributed by atoms with van der Waals surface area (Å²) in [6, 6.07) is 16.8. The first-order chi connectivity index (χ1) is 12.1. The largest absolute Gasteiger partial charge is 0.478 e. The molecule has 0 radical (unpaired) electrons. The SMILES string of the molecule is CC1ON(C2=CC(O)c3ccccc32)C(c2ccccc2)=C1C(=O)O. The Bertz CT molecular complexity index is 901. The molecule has 1 aliphatic heterocycles. The van der Waals surface area contributed by atoms with E-state index >= 15 is 0 Å². The number of carbonyl (C=O) groups is 1. The van der Waals surface area contributed by atoms with E-state index in [2.05, 4.69) is 0 Å². The van der Waals surface area contributed by atoms with Crippen LogP contribution in [-0.2, 0) is 9.63 Å². The Morgan fingerprint density at radius 2 is 1.76 bits per heavy atom. The molecule has 0 bridgehead atoms. The number of benzene rings is 2. The van der Waals surface area contributed by atoms with Crippen LogP contribution in [0, 0.1) is 0 Å². The van der Waals surface area contributed by atoms with Crippen molar-refractivity contribution in [2.75, 3.05) is 0 Å². The Morgan fingerprint density at radius 3 is 2.48 bits per heavy atom. The number of hydrogen-bond donors (Lipinski definition) is 2. The van der Waals surface area contributed by atoms with Crippen molar-refractivity contribution in [3.05, 3.63) is 82.9 Å². The molecule has 0 fully saturated rings. The lowest BCUT2D eigenvalue weighted by atomic mass is 10.0. The Hall–Kier alpha value is -2.89. The predicted molar refractivity (Wildman–Crippen MR) is 92.8 cm³/mol. The van der Waals surface area contributed by atoms with Crippen LogP contribution in [0.5, 0.6) is 0 Å². The van der Waals surface area contributed by atoms with Crippen LogP contribution >= 0.6 is 0 Å². The Morgan fingerprint density at radius 1 is 1.08 bits per heavy atom. The minimum Gasteiger partial charge on any atom is -0.478 e. The van der Waals surface area contributed by atoms with Crippen LogP contribution in [-0.4, -0.2) is 27.3 Å². The summed E-state index contributed by atoms with van der Waals surface area (Å²) in [5, 5.41) is 21.5. The van der Waals surface area contributed by atoms with Crippen molar-refractivity contribution in [3.63, 3.8) is 0 Å². The highest BCUT2D eigenvalue weighted by Crippen LogP contribution is 2.44. The van der Waals surface area contributed by atoms with Gasteiger partial charge in [-0.3, -0.25) is 4.84 Å². The van der Waals surface area contributed by atoms with E-state index in [0.717, 1.165) is 16.7 Å². The molecular weight excluding hydrogens is 318 g/mol. The second-order valence-electron chi connectivity index (χ2n) is 6.06. The third-order valence-electron chi connectivity index (χ3n) is 4.50. The van der Waals surface area contributed by atoms with Crippen molar-refractivity contribution in [3.8, 4) is 0 Å². The molecule has 0 spiro atoms. The number of carboxylic acids is 1. The Labute approximate surface area is 145 Å². The van der Waals surface area contributed by atoms with Gasteiger partial charge in [0.25, 0.3) is 0 Å². The molecule has 2 aromatic rings. The maximum absolute atomic E-state index is 11.8. The van der Waals surface area contributed by atoms with Gasteiger partial charge in [-0.05, 0) is 18.6 Å². The summed E-state index contributed by atoms with van der Waals surface area (Å²) in [4.78, 5) is 17.7. The molecule has 2 N–H and O–H groups in total. The zero-order valence-corrected chi connectivity index (χ0v) is 13.6. The van der Waals surface area contributed by atoms with E-state index in [1.54, 1.807) is 18.1 Å². The van der Waals surface area contributed by atoms with Crippen molar-refractivity contribution < 1.29 is 19.8 Å². The lowest BCUT2D eigenvalue weighted by Gasteiger charge is -2.23. The maximum atomic E-state index is 11.8. The van der Waals surface area contributed by atoms with E-state index in [4.69, 9.17) is 4.84 Å². The molecule has 1 heterocycles. The highest BCUT2D eigenvalue weighted by molar-refractivity contribution is 5.99. The van der Waals surface area contributed by atoms with Gasteiger partial charge in [0.2, 0.25) is 0 Å². The topological polar surface area (TPSA) is 70.0 Å². The Kier molecular flexibility index (Phi) is 3.67. The minimum atomic E-state index is -1.01. The van der Waals surface area contributed by atoms with Crippen LogP contribution in [0.3, 0.4) is 0 Å². The summed E-state index contributed by atoms with van der Waals surface area (Å²) in [5.41, 5.74) is 3.73. The summed E-state index contributed by atoms with van der Waals surface area (Å²) >= 11 is 0. The van der Waals surface area contributed by atoms with Crippen molar-refractivity contribution in [1.29, 1.82) is 0 Å². The van der Waals surface area contributed by atoms with Gasteiger partial charge in [0.15, 0.2) is 0 Å². The molecule has 5 nitrogen and oxygen atoms in total. The lowest BCUT2D eigenvalue weighted by molar-refractivity contribution is -0.134. The molecule has 5 heteroatoms. The van der Waals surface area contributed by atoms with Gasteiger partial charge >= 0.3 is 5.97 Å². The van der Waals surface area contributed by atoms with Gasteiger partial charge in [0, 0.05) is 11.1 Å². The summed E-state index contributed by atoms with van der Waals surface area (Å²) < 4.78 is 0. The number of aliphatic hydroxyl groups excluding tert-OH is 1. The first-order valence-corrected chi connectivity index (χ1v) is 8.07. The molecule has 0 aromatic heterocycles. The molecule has 0 saturated heterocycles. The number of hydroxylamine groups is 2. The zero-order chi connectivity index (χ0) is 17.6. The van der Waals surface area contributed by atoms with E-state index in [1.165, 1.54) is 0 Å². The van der Waals surface area contributed by atoms with Crippen molar-refractivity contribution in [2.24, 2.45) is 0 Å². The van der Waals surface area contributed by atoms with Crippen molar-refractivity contribution in [1.82, 2.24) is 5.06 Å². The lowest BCUT2D eigenvalue weighted by Crippen LogP contribution is -2.18. The monoisotopic (exact) mass is 335 g/mol. The number of aliphatic carboxylic acids is 1. The minimum absolute atomic E-state index is 0.200. The molecule has 2 aromatic carbocycles.